The lowest BCUT2D eigenvalue weighted by Gasteiger charge is -2.12. The Hall–Kier alpha value is -3.34. The molecule has 0 aliphatic heterocycles. The standard InChI is InChI=1S/C20H11Cl2FN4O2.CH4/c21-12-4-11(9-24)5-13(6-12)29-14-7-16(23)19(22)18(8-14)28-10-17-15-2-1-3-25-20(15)27-26-17;/h1-8H,10H2,(H,25,26,27);1H4/p+1. The van der Waals surface area contributed by atoms with Crippen LogP contribution in [0.25, 0.3) is 11.0 Å². The van der Waals surface area contributed by atoms with Gasteiger partial charge in [0.1, 0.15) is 40.4 Å². The Labute approximate surface area is 181 Å². The normalized spacial score (nSPS) is 10.3. The van der Waals surface area contributed by atoms with Crippen molar-refractivity contribution >= 4 is 34.2 Å². The molecule has 2 aromatic carbocycles. The van der Waals surface area contributed by atoms with Crippen molar-refractivity contribution in [3.05, 3.63) is 75.8 Å². The highest BCUT2D eigenvalue weighted by Crippen LogP contribution is 2.35. The average Bonchev–Trinajstić information content (AvgIpc) is 3.12. The van der Waals surface area contributed by atoms with Crippen molar-refractivity contribution in [2.75, 3.05) is 0 Å². The van der Waals surface area contributed by atoms with Crippen molar-refractivity contribution in [2.24, 2.45) is 0 Å². The van der Waals surface area contributed by atoms with E-state index in [1.54, 1.807) is 6.20 Å². The first-order chi connectivity index (χ1) is 14.0. The van der Waals surface area contributed by atoms with E-state index in [9.17, 15) is 4.39 Å². The number of hydrogen-bond acceptors (Lipinski definition) is 4. The second kappa shape index (κ2) is 8.99. The summed E-state index contributed by atoms with van der Waals surface area (Å²) < 4.78 is 25.6. The minimum atomic E-state index is -0.704. The van der Waals surface area contributed by atoms with Gasteiger partial charge in [-0.05, 0) is 30.3 Å². The van der Waals surface area contributed by atoms with Crippen LogP contribution in [0.1, 0.15) is 18.7 Å². The third-order valence-corrected chi connectivity index (χ3v) is 4.62. The van der Waals surface area contributed by atoms with Crippen molar-refractivity contribution in [2.45, 2.75) is 14.0 Å². The number of aromatic nitrogens is 3. The molecule has 152 valence electrons. The van der Waals surface area contributed by atoms with E-state index in [2.05, 4.69) is 15.2 Å². The van der Waals surface area contributed by atoms with Gasteiger partial charge in [-0.15, -0.1) is 0 Å². The minimum Gasteiger partial charge on any atom is -0.485 e. The molecule has 4 aromatic rings. The molecule has 0 atom stereocenters. The van der Waals surface area contributed by atoms with E-state index in [1.165, 1.54) is 24.3 Å². The molecular formula is C21H16Cl2FN4O2+. The summed E-state index contributed by atoms with van der Waals surface area (Å²) in [6.45, 7) is 0.0900. The highest BCUT2D eigenvalue weighted by molar-refractivity contribution is 6.32. The molecule has 0 amide bonds. The number of rotatable bonds is 5. The number of hydrogen-bond donors (Lipinski definition) is 1. The predicted molar refractivity (Wildman–Crippen MR) is 111 cm³/mol. The van der Waals surface area contributed by atoms with Crippen molar-refractivity contribution in [1.29, 1.82) is 5.26 Å². The Morgan fingerprint density at radius 3 is 2.77 bits per heavy atom. The molecular weight excluding hydrogens is 430 g/mol. The largest absolute Gasteiger partial charge is 0.485 e. The van der Waals surface area contributed by atoms with Gasteiger partial charge >= 0.3 is 5.65 Å². The van der Waals surface area contributed by atoms with Gasteiger partial charge in [0.05, 0.1) is 28.3 Å². The zero-order valence-corrected chi connectivity index (χ0v) is 16.2. The molecule has 4 rings (SSSR count). The van der Waals surface area contributed by atoms with Gasteiger partial charge in [0.15, 0.2) is 0 Å². The van der Waals surface area contributed by atoms with Gasteiger partial charge in [-0.3, -0.25) is 0 Å². The topological polar surface area (TPSA) is 85.1 Å². The SMILES string of the molecule is C.N#Cc1cc(Cl)cc(Oc2cc(F)c(Cl)c(OCc3[nH]nc4[nH+]cccc34)c2)c1. The second-order valence-electron chi connectivity index (χ2n) is 6.03. The van der Waals surface area contributed by atoms with Gasteiger partial charge in [0, 0.05) is 17.2 Å². The van der Waals surface area contributed by atoms with Crippen LogP contribution >= 0.6 is 23.2 Å². The maximum Gasteiger partial charge on any atom is 0.355 e. The lowest BCUT2D eigenvalue weighted by molar-refractivity contribution is -0.347. The van der Waals surface area contributed by atoms with E-state index in [0.717, 1.165) is 11.5 Å². The van der Waals surface area contributed by atoms with E-state index >= 15 is 0 Å². The van der Waals surface area contributed by atoms with Crippen LogP contribution in [0, 0.1) is 17.1 Å². The Morgan fingerprint density at radius 1 is 1.17 bits per heavy atom. The lowest BCUT2D eigenvalue weighted by Crippen LogP contribution is -2.01. The van der Waals surface area contributed by atoms with Gasteiger partial charge < -0.3 is 9.47 Å². The number of nitrogens with zero attached hydrogens (tertiary/aromatic N) is 2. The summed E-state index contributed by atoms with van der Waals surface area (Å²) in [5.41, 5.74) is 1.70. The van der Waals surface area contributed by atoms with Crippen LogP contribution in [-0.2, 0) is 6.61 Å². The summed E-state index contributed by atoms with van der Waals surface area (Å²) in [5.74, 6) is -0.163. The number of aromatic amines is 2. The van der Waals surface area contributed by atoms with Crippen molar-refractivity contribution in [1.82, 2.24) is 10.2 Å². The van der Waals surface area contributed by atoms with Crippen LogP contribution in [0.15, 0.2) is 48.7 Å². The molecule has 0 bridgehead atoms. The molecule has 30 heavy (non-hydrogen) atoms. The molecule has 0 spiro atoms. The molecule has 6 nitrogen and oxygen atoms in total. The fourth-order valence-electron chi connectivity index (χ4n) is 2.73. The zero-order valence-electron chi connectivity index (χ0n) is 14.7. The van der Waals surface area contributed by atoms with Gasteiger partial charge in [0.25, 0.3) is 0 Å². The molecule has 0 aliphatic rings. The van der Waals surface area contributed by atoms with Gasteiger partial charge in [0.2, 0.25) is 0 Å². The molecule has 0 fully saturated rings. The molecule has 2 N–H and O–H groups in total. The van der Waals surface area contributed by atoms with Crippen molar-refractivity contribution < 1.29 is 18.8 Å². The molecule has 0 saturated heterocycles. The fourth-order valence-corrected chi connectivity index (χ4v) is 3.12. The predicted octanol–water partition coefficient (Wildman–Crippen LogP) is 5.70. The number of nitriles is 1. The van der Waals surface area contributed by atoms with E-state index in [-0.39, 0.29) is 36.3 Å². The molecule has 0 unspecified atom stereocenters. The molecule has 0 aliphatic carbocycles. The number of halogens is 3. The summed E-state index contributed by atoms with van der Waals surface area (Å²) in [7, 11) is 0. The summed E-state index contributed by atoms with van der Waals surface area (Å²) in [4.78, 5) is 3.00. The fraction of sp³-hybridized carbons (Fsp3) is 0.0952. The molecule has 9 heteroatoms. The number of benzene rings is 2. The zero-order chi connectivity index (χ0) is 20.4. The van der Waals surface area contributed by atoms with Crippen LogP contribution in [-0.4, -0.2) is 10.2 Å². The molecule has 2 aromatic heterocycles. The van der Waals surface area contributed by atoms with Crippen molar-refractivity contribution in [3.63, 3.8) is 0 Å². The first-order valence-corrected chi connectivity index (χ1v) is 9.13. The second-order valence-corrected chi connectivity index (χ2v) is 6.84. The molecule has 0 saturated carbocycles. The monoisotopic (exact) mass is 445 g/mol. The highest BCUT2D eigenvalue weighted by atomic mass is 35.5. The van der Waals surface area contributed by atoms with E-state index in [1.807, 2.05) is 18.2 Å². The number of fused-ring (bicyclic) bond motifs is 1. The Bertz CT molecular complexity index is 1250. The Morgan fingerprint density at radius 2 is 1.97 bits per heavy atom. The minimum absolute atomic E-state index is 0. The number of ether oxygens (including phenoxy) is 2. The van der Waals surface area contributed by atoms with E-state index in [4.69, 9.17) is 37.9 Å². The number of H-pyrrole nitrogens is 2. The van der Waals surface area contributed by atoms with Gasteiger partial charge in [-0.2, -0.15) is 10.4 Å². The van der Waals surface area contributed by atoms with Gasteiger partial charge in [-0.25, -0.2) is 9.37 Å². The van der Waals surface area contributed by atoms with Gasteiger partial charge in [-0.1, -0.05) is 30.6 Å². The Balaban J connectivity index is 0.00000256. The first-order valence-electron chi connectivity index (χ1n) is 8.37. The summed E-state index contributed by atoms with van der Waals surface area (Å²) >= 11 is 12.0. The van der Waals surface area contributed by atoms with Crippen LogP contribution in [0.3, 0.4) is 0 Å². The quantitative estimate of drug-likeness (QED) is 0.426. The van der Waals surface area contributed by atoms with E-state index < -0.39 is 5.82 Å². The van der Waals surface area contributed by atoms with Crippen LogP contribution in [0.2, 0.25) is 10.0 Å². The van der Waals surface area contributed by atoms with Crippen molar-refractivity contribution in [3.8, 4) is 23.3 Å². The Kier molecular flexibility index (Phi) is 6.40. The summed E-state index contributed by atoms with van der Waals surface area (Å²) in [6, 6.07) is 12.8. The average molecular weight is 446 g/mol. The lowest BCUT2D eigenvalue weighted by atomic mass is 10.2. The summed E-state index contributed by atoms with van der Waals surface area (Å²) in [6.07, 6.45) is 1.76. The smallest absolute Gasteiger partial charge is 0.355 e. The highest BCUT2D eigenvalue weighted by Gasteiger charge is 2.16. The maximum atomic E-state index is 14.3. The number of nitrogens with one attached hydrogen (secondary N) is 2. The third-order valence-electron chi connectivity index (χ3n) is 4.04. The van der Waals surface area contributed by atoms with Crippen LogP contribution in [0.5, 0.6) is 17.2 Å². The van der Waals surface area contributed by atoms with Crippen LogP contribution in [0.4, 0.5) is 4.39 Å². The first kappa shape index (κ1) is 21.4. The van der Waals surface area contributed by atoms with Crippen LogP contribution < -0.4 is 14.5 Å². The van der Waals surface area contributed by atoms with E-state index in [0.29, 0.717) is 21.9 Å². The molecule has 0 radical (unpaired) electrons. The maximum absolute atomic E-state index is 14.3. The molecule has 2 heterocycles. The summed E-state index contributed by atoms with van der Waals surface area (Å²) in [5, 5.41) is 17.1. The third kappa shape index (κ3) is 4.46. The number of pyridine rings is 1.